The van der Waals surface area contributed by atoms with Gasteiger partial charge < -0.3 is 0 Å². The number of hydrogen-bond acceptors (Lipinski definition) is 2. The van der Waals surface area contributed by atoms with E-state index in [1.54, 1.807) is 0 Å². The van der Waals surface area contributed by atoms with Gasteiger partial charge in [-0.05, 0) is 12.8 Å². The van der Waals surface area contributed by atoms with Crippen LogP contribution in [0.3, 0.4) is 0 Å². The lowest BCUT2D eigenvalue weighted by molar-refractivity contribution is 0.577. The van der Waals surface area contributed by atoms with Crippen LogP contribution in [-0.2, 0) is 10.0 Å². The van der Waals surface area contributed by atoms with Crippen molar-refractivity contribution >= 4 is 21.6 Å². The van der Waals surface area contributed by atoms with Crippen molar-refractivity contribution in [2.24, 2.45) is 0 Å². The van der Waals surface area contributed by atoms with Gasteiger partial charge in [0, 0.05) is 12.4 Å². The SMILES string of the molecule is CCCCS(=O)(=O)NCCCCl. The highest BCUT2D eigenvalue weighted by atomic mass is 35.5. The van der Waals surface area contributed by atoms with E-state index in [9.17, 15) is 8.42 Å². The summed E-state index contributed by atoms with van der Waals surface area (Å²) >= 11 is 5.40. The number of alkyl halides is 1. The number of unbranched alkanes of at least 4 members (excludes halogenated alkanes) is 1. The topological polar surface area (TPSA) is 46.2 Å². The van der Waals surface area contributed by atoms with E-state index in [0.717, 1.165) is 12.8 Å². The van der Waals surface area contributed by atoms with E-state index in [-0.39, 0.29) is 5.75 Å². The van der Waals surface area contributed by atoms with Gasteiger partial charge in [-0.25, -0.2) is 13.1 Å². The van der Waals surface area contributed by atoms with Gasteiger partial charge in [0.05, 0.1) is 5.75 Å². The first-order chi connectivity index (χ1) is 5.62. The van der Waals surface area contributed by atoms with Crippen molar-refractivity contribution in [3.05, 3.63) is 0 Å². The molecule has 0 saturated carbocycles. The van der Waals surface area contributed by atoms with E-state index in [2.05, 4.69) is 4.72 Å². The highest BCUT2D eigenvalue weighted by Crippen LogP contribution is 1.93. The van der Waals surface area contributed by atoms with Crippen molar-refractivity contribution in [2.45, 2.75) is 26.2 Å². The van der Waals surface area contributed by atoms with Crippen molar-refractivity contribution in [3.8, 4) is 0 Å². The lowest BCUT2D eigenvalue weighted by atomic mass is 10.4. The molecule has 0 unspecified atom stereocenters. The molecule has 0 aliphatic carbocycles. The van der Waals surface area contributed by atoms with Gasteiger partial charge in [-0.15, -0.1) is 11.6 Å². The lowest BCUT2D eigenvalue weighted by Crippen LogP contribution is -2.27. The summed E-state index contributed by atoms with van der Waals surface area (Å²) in [7, 11) is -3.02. The molecule has 0 fully saturated rings. The first-order valence-electron chi connectivity index (χ1n) is 4.15. The van der Waals surface area contributed by atoms with Crippen LogP contribution in [0, 0.1) is 0 Å². The molecule has 0 atom stereocenters. The Morgan fingerprint density at radius 3 is 2.50 bits per heavy atom. The van der Waals surface area contributed by atoms with Crippen LogP contribution in [0.4, 0.5) is 0 Å². The molecule has 0 aromatic heterocycles. The molecule has 0 aromatic carbocycles. The molecule has 74 valence electrons. The van der Waals surface area contributed by atoms with Gasteiger partial charge in [0.2, 0.25) is 10.0 Å². The predicted molar refractivity (Wildman–Crippen MR) is 52.0 cm³/mol. The summed E-state index contributed by atoms with van der Waals surface area (Å²) in [4.78, 5) is 0. The fraction of sp³-hybridized carbons (Fsp3) is 1.00. The number of rotatable bonds is 7. The first kappa shape index (κ1) is 12.2. The monoisotopic (exact) mass is 213 g/mol. The Balaban J connectivity index is 3.58. The average Bonchev–Trinajstić information content (AvgIpc) is 2.01. The zero-order valence-electron chi connectivity index (χ0n) is 7.35. The first-order valence-corrected chi connectivity index (χ1v) is 6.34. The Bertz CT molecular complexity index is 192. The smallest absolute Gasteiger partial charge is 0.211 e. The second-order valence-corrected chi connectivity index (χ2v) is 4.91. The Morgan fingerprint density at radius 1 is 1.33 bits per heavy atom. The Labute approximate surface area is 79.5 Å². The van der Waals surface area contributed by atoms with E-state index in [1.807, 2.05) is 6.92 Å². The molecular weight excluding hydrogens is 198 g/mol. The number of hydrogen-bond donors (Lipinski definition) is 1. The normalized spacial score (nSPS) is 11.8. The standard InChI is InChI=1S/C7H16ClNO2S/c1-2-3-7-12(10,11)9-6-4-5-8/h9H,2-7H2,1H3. The second-order valence-electron chi connectivity index (χ2n) is 2.61. The van der Waals surface area contributed by atoms with E-state index in [0.29, 0.717) is 18.8 Å². The molecule has 0 amide bonds. The fourth-order valence-electron chi connectivity index (χ4n) is 0.701. The molecule has 5 heteroatoms. The van der Waals surface area contributed by atoms with Gasteiger partial charge in [0.25, 0.3) is 0 Å². The summed E-state index contributed by atoms with van der Waals surface area (Å²) < 4.78 is 24.7. The maximum atomic E-state index is 11.1. The molecule has 0 aromatic rings. The fourth-order valence-corrected chi connectivity index (χ4v) is 2.10. The third kappa shape index (κ3) is 6.88. The minimum absolute atomic E-state index is 0.228. The molecule has 0 saturated heterocycles. The van der Waals surface area contributed by atoms with Crippen LogP contribution in [0.15, 0.2) is 0 Å². The van der Waals surface area contributed by atoms with Gasteiger partial charge >= 0.3 is 0 Å². The highest BCUT2D eigenvalue weighted by Gasteiger charge is 2.06. The van der Waals surface area contributed by atoms with E-state index < -0.39 is 10.0 Å². The maximum absolute atomic E-state index is 11.1. The van der Waals surface area contributed by atoms with Crippen molar-refractivity contribution in [2.75, 3.05) is 18.2 Å². The highest BCUT2D eigenvalue weighted by molar-refractivity contribution is 7.89. The molecule has 12 heavy (non-hydrogen) atoms. The van der Waals surface area contributed by atoms with Gasteiger partial charge in [-0.3, -0.25) is 0 Å². The quantitative estimate of drug-likeness (QED) is 0.513. The zero-order chi connectivity index (χ0) is 9.45. The van der Waals surface area contributed by atoms with Crippen LogP contribution >= 0.6 is 11.6 Å². The molecule has 0 aliphatic rings. The van der Waals surface area contributed by atoms with Crippen LogP contribution in [0.25, 0.3) is 0 Å². The third-order valence-corrected chi connectivity index (χ3v) is 3.14. The maximum Gasteiger partial charge on any atom is 0.211 e. The van der Waals surface area contributed by atoms with E-state index in [1.165, 1.54) is 0 Å². The molecule has 0 heterocycles. The van der Waals surface area contributed by atoms with Crippen LogP contribution in [0.1, 0.15) is 26.2 Å². The van der Waals surface area contributed by atoms with Gasteiger partial charge in [-0.1, -0.05) is 13.3 Å². The number of halogens is 1. The van der Waals surface area contributed by atoms with Gasteiger partial charge in [-0.2, -0.15) is 0 Å². The molecular formula is C7H16ClNO2S. The van der Waals surface area contributed by atoms with E-state index in [4.69, 9.17) is 11.6 Å². The molecule has 0 radical (unpaired) electrons. The summed E-state index contributed by atoms with van der Waals surface area (Å²) in [6.07, 6.45) is 2.31. The zero-order valence-corrected chi connectivity index (χ0v) is 8.92. The van der Waals surface area contributed by atoms with Crippen LogP contribution in [0.2, 0.25) is 0 Å². The molecule has 0 rings (SSSR count). The minimum atomic E-state index is -3.02. The average molecular weight is 214 g/mol. The Hall–Kier alpha value is 0.200. The summed E-state index contributed by atoms with van der Waals surface area (Å²) in [6.45, 7) is 2.42. The van der Waals surface area contributed by atoms with E-state index >= 15 is 0 Å². The minimum Gasteiger partial charge on any atom is -0.215 e. The largest absolute Gasteiger partial charge is 0.215 e. The summed E-state index contributed by atoms with van der Waals surface area (Å²) in [5.74, 6) is 0.724. The van der Waals surface area contributed by atoms with Crippen molar-refractivity contribution in [3.63, 3.8) is 0 Å². The summed E-state index contributed by atoms with van der Waals surface area (Å²) in [5.41, 5.74) is 0. The summed E-state index contributed by atoms with van der Waals surface area (Å²) in [6, 6.07) is 0. The molecule has 0 spiro atoms. The van der Waals surface area contributed by atoms with Crippen LogP contribution in [-0.4, -0.2) is 26.6 Å². The van der Waals surface area contributed by atoms with Crippen molar-refractivity contribution in [1.82, 2.24) is 4.72 Å². The van der Waals surface area contributed by atoms with Crippen LogP contribution < -0.4 is 4.72 Å². The lowest BCUT2D eigenvalue weighted by Gasteiger charge is -2.03. The Kier molecular flexibility index (Phi) is 6.80. The van der Waals surface area contributed by atoms with Gasteiger partial charge in [0.15, 0.2) is 0 Å². The van der Waals surface area contributed by atoms with Crippen LogP contribution in [0.5, 0.6) is 0 Å². The Morgan fingerprint density at radius 2 is 2.00 bits per heavy atom. The second kappa shape index (κ2) is 6.69. The van der Waals surface area contributed by atoms with Gasteiger partial charge in [0.1, 0.15) is 0 Å². The molecule has 0 aliphatic heterocycles. The van der Waals surface area contributed by atoms with Crippen molar-refractivity contribution in [1.29, 1.82) is 0 Å². The third-order valence-electron chi connectivity index (χ3n) is 1.40. The molecule has 3 nitrogen and oxygen atoms in total. The molecule has 1 N–H and O–H groups in total. The number of sulfonamides is 1. The predicted octanol–water partition coefficient (Wildman–Crippen LogP) is 1.33. The molecule has 0 bridgehead atoms. The number of nitrogens with one attached hydrogen (secondary N) is 1. The van der Waals surface area contributed by atoms with Crippen molar-refractivity contribution < 1.29 is 8.42 Å². The summed E-state index contributed by atoms with van der Waals surface area (Å²) in [5, 5.41) is 0.